The highest BCUT2D eigenvalue weighted by molar-refractivity contribution is 5.73. The van der Waals surface area contributed by atoms with E-state index in [0.29, 0.717) is 25.0 Å². The number of nitrogens with zero attached hydrogens (tertiary/aromatic N) is 1. The lowest BCUT2D eigenvalue weighted by Gasteiger charge is -2.33. The van der Waals surface area contributed by atoms with Gasteiger partial charge < -0.3 is 20.6 Å². The van der Waals surface area contributed by atoms with E-state index >= 15 is 0 Å². The zero-order valence-electron chi connectivity index (χ0n) is 13.6. The van der Waals surface area contributed by atoms with Gasteiger partial charge in [0, 0.05) is 38.5 Å². The molecule has 0 spiro atoms. The van der Waals surface area contributed by atoms with Crippen molar-refractivity contribution in [1.29, 1.82) is 0 Å². The van der Waals surface area contributed by atoms with E-state index in [1.807, 2.05) is 0 Å². The first-order valence-electron chi connectivity index (χ1n) is 8.71. The zero-order valence-corrected chi connectivity index (χ0v) is 13.6. The highest BCUT2D eigenvalue weighted by atomic mass is 16.3. The number of amides is 2. The van der Waals surface area contributed by atoms with Crippen LogP contribution in [0.2, 0.25) is 0 Å². The molecule has 0 radical (unpaired) electrons. The molecule has 2 fully saturated rings. The second-order valence-electron chi connectivity index (χ2n) is 6.79. The third kappa shape index (κ3) is 4.86. The van der Waals surface area contributed by atoms with Crippen LogP contribution in [0.4, 0.5) is 10.5 Å². The molecule has 0 unspecified atom stereocenters. The van der Waals surface area contributed by atoms with Crippen molar-refractivity contribution in [2.24, 2.45) is 11.8 Å². The lowest BCUT2D eigenvalue weighted by Crippen LogP contribution is -2.36. The molecule has 5 nitrogen and oxygen atoms in total. The van der Waals surface area contributed by atoms with Gasteiger partial charge in [-0.3, -0.25) is 0 Å². The summed E-state index contributed by atoms with van der Waals surface area (Å²) in [6, 6.07) is 8.33. The van der Waals surface area contributed by atoms with E-state index in [2.05, 4.69) is 39.8 Å². The van der Waals surface area contributed by atoms with Crippen molar-refractivity contribution in [2.75, 3.05) is 31.1 Å². The highest BCUT2D eigenvalue weighted by Gasteiger charge is 2.21. The zero-order chi connectivity index (χ0) is 16.1. The van der Waals surface area contributed by atoms with Crippen molar-refractivity contribution in [3.63, 3.8) is 0 Å². The Hall–Kier alpha value is -1.75. The maximum Gasteiger partial charge on any atom is 0.315 e. The van der Waals surface area contributed by atoms with E-state index in [1.54, 1.807) is 0 Å². The molecule has 1 aromatic carbocycles. The summed E-state index contributed by atoms with van der Waals surface area (Å²) < 4.78 is 0. The number of anilines is 1. The Bertz CT molecular complexity index is 506. The molecule has 3 rings (SSSR count). The lowest BCUT2D eigenvalue weighted by atomic mass is 9.97. The Morgan fingerprint density at radius 2 is 1.74 bits per heavy atom. The maximum atomic E-state index is 11.7. The monoisotopic (exact) mass is 317 g/mol. The van der Waals surface area contributed by atoms with Crippen LogP contribution in [0.5, 0.6) is 0 Å². The minimum Gasteiger partial charge on any atom is -0.396 e. The van der Waals surface area contributed by atoms with E-state index in [9.17, 15) is 9.90 Å². The number of hydrogen-bond donors (Lipinski definition) is 3. The molecule has 2 aliphatic rings. The molecule has 1 aromatic rings. The molecule has 0 aromatic heterocycles. The number of aliphatic hydroxyl groups is 1. The normalized spacial score (nSPS) is 18.7. The van der Waals surface area contributed by atoms with Crippen molar-refractivity contribution in [3.8, 4) is 0 Å². The van der Waals surface area contributed by atoms with Crippen LogP contribution in [0, 0.1) is 11.8 Å². The van der Waals surface area contributed by atoms with Gasteiger partial charge in [0.2, 0.25) is 0 Å². The van der Waals surface area contributed by atoms with Gasteiger partial charge >= 0.3 is 6.03 Å². The third-order valence-electron chi connectivity index (χ3n) is 4.88. The fourth-order valence-corrected chi connectivity index (χ4v) is 3.00. The smallest absolute Gasteiger partial charge is 0.315 e. The number of piperidine rings is 1. The second kappa shape index (κ2) is 7.68. The molecule has 1 aliphatic heterocycles. The van der Waals surface area contributed by atoms with Gasteiger partial charge in [-0.15, -0.1) is 0 Å². The van der Waals surface area contributed by atoms with Gasteiger partial charge in [-0.25, -0.2) is 4.79 Å². The fourth-order valence-electron chi connectivity index (χ4n) is 3.00. The van der Waals surface area contributed by atoms with Crippen molar-refractivity contribution < 1.29 is 9.90 Å². The summed E-state index contributed by atoms with van der Waals surface area (Å²) in [6.07, 6.45) is 4.61. The standard InChI is InChI=1S/C18H27N3O2/c22-13-16-7-9-21(10-8-16)17-5-3-15(4-6-17)12-20-18(23)19-11-14-1-2-14/h3-6,14,16,22H,1-2,7-13H2,(H2,19,20,23). The number of carbonyl (C=O) groups excluding carboxylic acids is 1. The van der Waals surface area contributed by atoms with Crippen molar-refractivity contribution in [2.45, 2.75) is 32.2 Å². The van der Waals surface area contributed by atoms with Gasteiger partial charge in [0.1, 0.15) is 0 Å². The van der Waals surface area contributed by atoms with Gasteiger partial charge in [-0.2, -0.15) is 0 Å². The van der Waals surface area contributed by atoms with E-state index < -0.39 is 0 Å². The topological polar surface area (TPSA) is 64.6 Å². The van der Waals surface area contributed by atoms with Crippen LogP contribution in [-0.4, -0.2) is 37.4 Å². The number of nitrogens with one attached hydrogen (secondary N) is 2. The van der Waals surface area contributed by atoms with Crippen LogP contribution in [0.25, 0.3) is 0 Å². The Morgan fingerprint density at radius 3 is 2.35 bits per heavy atom. The number of rotatable bonds is 6. The minimum absolute atomic E-state index is 0.0768. The lowest BCUT2D eigenvalue weighted by molar-refractivity contribution is 0.203. The third-order valence-corrected chi connectivity index (χ3v) is 4.88. The molecule has 3 N–H and O–H groups in total. The Kier molecular flexibility index (Phi) is 5.39. The minimum atomic E-state index is -0.0768. The second-order valence-corrected chi connectivity index (χ2v) is 6.79. The number of aliphatic hydroxyl groups excluding tert-OH is 1. The first-order chi connectivity index (χ1) is 11.2. The predicted octanol–water partition coefficient (Wildman–Crippen LogP) is 2.10. The molecular weight excluding hydrogens is 290 g/mol. The molecule has 0 bridgehead atoms. The van der Waals surface area contributed by atoms with Crippen molar-refractivity contribution in [3.05, 3.63) is 29.8 Å². The van der Waals surface area contributed by atoms with Crippen LogP contribution in [0.1, 0.15) is 31.2 Å². The van der Waals surface area contributed by atoms with E-state index in [4.69, 9.17) is 0 Å². The molecule has 1 saturated carbocycles. The molecule has 5 heteroatoms. The Labute approximate surface area is 138 Å². The first kappa shape index (κ1) is 16.1. The number of benzene rings is 1. The van der Waals surface area contributed by atoms with E-state index in [1.165, 1.54) is 18.5 Å². The molecule has 126 valence electrons. The quantitative estimate of drug-likeness (QED) is 0.753. The maximum absolute atomic E-state index is 11.7. The average Bonchev–Trinajstić information content (AvgIpc) is 3.43. The molecule has 2 amide bonds. The summed E-state index contributed by atoms with van der Waals surface area (Å²) in [4.78, 5) is 14.0. The predicted molar refractivity (Wildman–Crippen MR) is 91.4 cm³/mol. The van der Waals surface area contributed by atoms with Gasteiger partial charge in [-0.1, -0.05) is 12.1 Å². The average molecular weight is 317 g/mol. The summed E-state index contributed by atoms with van der Waals surface area (Å²) in [5.74, 6) is 1.17. The summed E-state index contributed by atoms with van der Waals surface area (Å²) in [5.41, 5.74) is 2.34. The molecule has 23 heavy (non-hydrogen) atoms. The van der Waals surface area contributed by atoms with Crippen LogP contribution in [0.15, 0.2) is 24.3 Å². The van der Waals surface area contributed by atoms with Gasteiger partial charge in [0.05, 0.1) is 0 Å². The number of hydrogen-bond acceptors (Lipinski definition) is 3. The number of carbonyl (C=O) groups is 1. The van der Waals surface area contributed by atoms with E-state index in [-0.39, 0.29) is 6.03 Å². The van der Waals surface area contributed by atoms with Crippen LogP contribution >= 0.6 is 0 Å². The summed E-state index contributed by atoms with van der Waals surface area (Å²) in [7, 11) is 0. The largest absolute Gasteiger partial charge is 0.396 e. The van der Waals surface area contributed by atoms with E-state index in [0.717, 1.165) is 38.0 Å². The van der Waals surface area contributed by atoms with Gasteiger partial charge in [0.25, 0.3) is 0 Å². The van der Waals surface area contributed by atoms with Crippen LogP contribution in [-0.2, 0) is 6.54 Å². The summed E-state index contributed by atoms with van der Waals surface area (Å²) in [5, 5.41) is 15.0. The first-order valence-corrected chi connectivity index (χ1v) is 8.71. The van der Waals surface area contributed by atoms with Crippen molar-refractivity contribution >= 4 is 11.7 Å². The van der Waals surface area contributed by atoms with Gasteiger partial charge in [-0.05, 0) is 55.2 Å². The van der Waals surface area contributed by atoms with Crippen LogP contribution in [0.3, 0.4) is 0 Å². The molecular formula is C18H27N3O2. The Morgan fingerprint density at radius 1 is 1.04 bits per heavy atom. The molecule has 1 aliphatic carbocycles. The summed E-state index contributed by atoms with van der Waals surface area (Å²) in [6.45, 7) is 3.68. The molecule has 1 heterocycles. The molecule has 1 saturated heterocycles. The van der Waals surface area contributed by atoms with Gasteiger partial charge in [0.15, 0.2) is 0 Å². The Balaban J connectivity index is 1.42. The molecule has 0 atom stereocenters. The fraction of sp³-hybridized carbons (Fsp3) is 0.611. The number of urea groups is 1. The highest BCUT2D eigenvalue weighted by Crippen LogP contribution is 2.27. The van der Waals surface area contributed by atoms with Crippen molar-refractivity contribution in [1.82, 2.24) is 10.6 Å². The summed E-state index contributed by atoms with van der Waals surface area (Å²) >= 11 is 0. The SMILES string of the molecule is O=C(NCc1ccc(N2CCC(CO)CC2)cc1)NCC1CC1. The van der Waals surface area contributed by atoms with Crippen LogP contribution < -0.4 is 15.5 Å².